The summed E-state index contributed by atoms with van der Waals surface area (Å²) in [6, 6.07) is -1.81. The van der Waals surface area contributed by atoms with Crippen LogP contribution in [0, 0.1) is 6.85 Å². The summed E-state index contributed by atoms with van der Waals surface area (Å²) in [5.41, 5.74) is -0.490. The van der Waals surface area contributed by atoms with Crippen LogP contribution in [0.5, 0.6) is 0 Å². The Morgan fingerprint density at radius 3 is 3.38 bits per heavy atom. The molecule has 0 aliphatic heterocycles. The van der Waals surface area contributed by atoms with Gasteiger partial charge in [-0.1, -0.05) is 33.6 Å². The zero-order valence-corrected chi connectivity index (χ0v) is 5.46. The molecule has 1 heteroatoms. The fourth-order valence-corrected chi connectivity index (χ4v) is 0.618. The van der Waals surface area contributed by atoms with Crippen LogP contribution >= 0.6 is 15.9 Å². The fraction of sp³-hybridized carbons (Fsp3) is 0.143. The van der Waals surface area contributed by atoms with Crippen molar-refractivity contribution in [1.82, 2.24) is 0 Å². The lowest BCUT2D eigenvalue weighted by atomic mass is 10.2. The van der Waals surface area contributed by atoms with Crippen molar-refractivity contribution >= 4 is 15.9 Å². The van der Waals surface area contributed by atoms with Gasteiger partial charge in [-0.2, -0.15) is 0 Å². The van der Waals surface area contributed by atoms with E-state index in [1.165, 1.54) is 0 Å². The van der Waals surface area contributed by atoms with Gasteiger partial charge in [-0.05, 0) is 18.9 Å². The normalized spacial score (nSPS) is 23.4. The molecule has 0 heterocycles. The molecular weight excluding hydrogens is 164 g/mol. The second kappa shape index (κ2) is 2.31. The highest BCUT2D eigenvalue weighted by atomic mass is 79.9. The van der Waals surface area contributed by atoms with Gasteiger partial charge < -0.3 is 0 Å². The van der Waals surface area contributed by atoms with Gasteiger partial charge in [-0.25, -0.2) is 0 Å². The Balaban J connectivity index is 3.68. The fourth-order valence-electron chi connectivity index (χ4n) is 0.321. The maximum atomic E-state index is 7.50. The van der Waals surface area contributed by atoms with Crippen molar-refractivity contribution < 1.29 is 9.60 Å². The molecule has 0 amide bonds. The van der Waals surface area contributed by atoms with Crippen molar-refractivity contribution in [3.8, 4) is 0 Å². The first-order valence-electron chi connectivity index (χ1n) is 5.44. The van der Waals surface area contributed by atoms with Gasteiger partial charge in [0.05, 0.1) is 5.48 Å². The highest BCUT2D eigenvalue weighted by Gasteiger charge is 1.82. The molecule has 0 aliphatic rings. The SMILES string of the molecule is [2H]c1c([2H])c(Br)c([2H])c(C([2H])([2H])[2H])c1[2H]. The quantitative estimate of drug-likeness (QED) is 0.573. The smallest absolute Gasteiger partial charge is 0.0609 e. The molecule has 0 nitrogen and oxygen atoms in total. The van der Waals surface area contributed by atoms with Gasteiger partial charge in [0.2, 0.25) is 0 Å². The van der Waals surface area contributed by atoms with Crippen molar-refractivity contribution in [3.63, 3.8) is 0 Å². The van der Waals surface area contributed by atoms with E-state index < -0.39 is 30.5 Å². The molecule has 1 aromatic rings. The maximum absolute atomic E-state index is 7.50. The lowest BCUT2D eigenvalue weighted by Gasteiger charge is -1.89. The largest absolute Gasteiger partial charge is 0.0637 e. The Hall–Kier alpha value is -0.300. The third-order valence-corrected chi connectivity index (χ3v) is 0.991. The van der Waals surface area contributed by atoms with Crippen molar-refractivity contribution in [3.05, 3.63) is 34.2 Å². The van der Waals surface area contributed by atoms with E-state index >= 15 is 0 Å². The lowest BCUT2D eigenvalue weighted by Crippen LogP contribution is -1.67. The highest BCUT2D eigenvalue weighted by Crippen LogP contribution is 2.09. The average molecular weight is 178 g/mol. The lowest BCUT2D eigenvalue weighted by molar-refractivity contribution is 1.45. The topological polar surface area (TPSA) is 0 Å². The number of hydrogen-bond acceptors (Lipinski definition) is 0. The predicted octanol–water partition coefficient (Wildman–Crippen LogP) is 2.76. The molecule has 0 saturated carbocycles. The Labute approximate surface area is 67.5 Å². The summed E-state index contributed by atoms with van der Waals surface area (Å²) in [6.45, 7) is -2.61. The molecule has 0 aromatic heterocycles. The molecule has 0 bridgehead atoms. The third-order valence-electron chi connectivity index (χ3n) is 0.594. The van der Waals surface area contributed by atoms with E-state index in [0.717, 1.165) is 0 Å². The molecule has 0 fully saturated rings. The summed E-state index contributed by atoms with van der Waals surface area (Å²) in [4.78, 5) is 0. The van der Waals surface area contributed by atoms with Crippen LogP contribution in [-0.4, -0.2) is 0 Å². The predicted molar refractivity (Wildman–Crippen MR) is 38.9 cm³/mol. The molecular formula is C7H7Br. The summed E-state index contributed by atoms with van der Waals surface area (Å²) < 4.78 is 51.0. The highest BCUT2D eigenvalue weighted by molar-refractivity contribution is 9.10. The number of rotatable bonds is 0. The van der Waals surface area contributed by atoms with Gasteiger partial charge in [0.15, 0.2) is 0 Å². The van der Waals surface area contributed by atoms with Crippen LogP contribution in [0.4, 0.5) is 0 Å². The molecule has 0 N–H and O–H groups in total. The van der Waals surface area contributed by atoms with Crippen LogP contribution in [-0.2, 0) is 0 Å². The molecule has 0 unspecified atom stereocenters. The van der Waals surface area contributed by atoms with Crippen molar-refractivity contribution in [2.75, 3.05) is 0 Å². The minimum absolute atomic E-state index is 0.0605. The average Bonchev–Trinajstić information content (AvgIpc) is 2.09. The van der Waals surface area contributed by atoms with E-state index in [-0.39, 0.29) is 10.5 Å². The number of benzene rings is 1. The first kappa shape index (κ1) is 1.60. The molecule has 0 radical (unpaired) electrons. The summed E-state index contributed by atoms with van der Waals surface area (Å²) in [5.74, 6) is 0. The molecule has 42 valence electrons. The van der Waals surface area contributed by atoms with Gasteiger partial charge in [-0.15, -0.1) is 0 Å². The molecule has 0 spiro atoms. The van der Waals surface area contributed by atoms with Crippen LogP contribution < -0.4 is 0 Å². The molecule has 0 atom stereocenters. The summed E-state index contributed by atoms with van der Waals surface area (Å²) in [7, 11) is 0. The van der Waals surface area contributed by atoms with Gasteiger partial charge in [0.1, 0.15) is 0 Å². The van der Waals surface area contributed by atoms with E-state index in [2.05, 4.69) is 15.9 Å². The van der Waals surface area contributed by atoms with Crippen LogP contribution in [0.15, 0.2) is 28.6 Å². The minimum Gasteiger partial charge on any atom is -0.0609 e. The van der Waals surface area contributed by atoms with Crippen LogP contribution in [0.2, 0.25) is 0 Å². The second-order valence-electron chi connectivity index (χ2n) is 1.19. The number of hydrogen-bond donors (Lipinski definition) is 0. The molecule has 0 aliphatic carbocycles. The number of halogens is 1. The molecule has 1 aromatic carbocycles. The van der Waals surface area contributed by atoms with Gasteiger partial charge in [0.25, 0.3) is 0 Å². The Kier molecular flexibility index (Phi) is 0.463. The second-order valence-corrected chi connectivity index (χ2v) is 1.98. The summed E-state index contributed by atoms with van der Waals surface area (Å²) in [6.07, 6.45) is 0. The molecule has 0 saturated heterocycles. The Bertz CT molecular complexity index is 380. The standard InChI is InChI=1S/C7H7Br/c1-6-3-2-4-7(8)5-6/h2-5H,1H3/i1D3,2D,3D,4D,5D. The van der Waals surface area contributed by atoms with Crippen LogP contribution in [0.25, 0.3) is 0 Å². The van der Waals surface area contributed by atoms with E-state index in [4.69, 9.17) is 9.60 Å². The minimum atomic E-state index is -2.61. The first-order chi connectivity index (χ1) is 6.68. The van der Waals surface area contributed by atoms with E-state index in [9.17, 15) is 0 Å². The van der Waals surface area contributed by atoms with Gasteiger partial charge >= 0.3 is 0 Å². The summed E-state index contributed by atoms with van der Waals surface area (Å²) >= 11 is 2.88. The monoisotopic (exact) mass is 177 g/mol. The van der Waals surface area contributed by atoms with Gasteiger partial charge in [-0.3, -0.25) is 0 Å². The third kappa shape index (κ3) is 1.34. The zero-order chi connectivity index (χ0) is 12.0. The summed E-state index contributed by atoms with van der Waals surface area (Å²) in [5, 5.41) is 0. The molecule has 8 heavy (non-hydrogen) atoms. The van der Waals surface area contributed by atoms with Crippen LogP contribution in [0.1, 0.15) is 15.2 Å². The Morgan fingerprint density at radius 1 is 1.75 bits per heavy atom. The van der Waals surface area contributed by atoms with E-state index in [1.807, 2.05) is 0 Å². The molecule has 1 rings (SSSR count). The van der Waals surface area contributed by atoms with Crippen molar-refractivity contribution in [2.45, 2.75) is 6.85 Å². The van der Waals surface area contributed by atoms with E-state index in [1.54, 1.807) is 0 Å². The van der Waals surface area contributed by atoms with Crippen LogP contribution in [0.3, 0.4) is 0 Å². The van der Waals surface area contributed by atoms with Crippen molar-refractivity contribution in [2.24, 2.45) is 0 Å². The van der Waals surface area contributed by atoms with E-state index in [0.29, 0.717) is 0 Å². The van der Waals surface area contributed by atoms with Gasteiger partial charge in [0, 0.05) is 8.58 Å². The first-order valence-corrected chi connectivity index (χ1v) is 2.73. The zero-order valence-electron chi connectivity index (χ0n) is 10.9. The maximum Gasteiger partial charge on any atom is 0.0637 e. The Morgan fingerprint density at radius 2 is 2.62 bits per heavy atom. The van der Waals surface area contributed by atoms with Crippen molar-refractivity contribution in [1.29, 1.82) is 0 Å².